The average molecular weight is 517 g/mol. The van der Waals surface area contributed by atoms with E-state index in [1.165, 1.54) is 23.5 Å². The highest BCUT2D eigenvalue weighted by atomic mass is 32.1. The lowest BCUT2D eigenvalue weighted by Gasteiger charge is -2.19. The highest BCUT2D eigenvalue weighted by Crippen LogP contribution is 2.33. The van der Waals surface area contributed by atoms with Crippen LogP contribution in [0.15, 0.2) is 54.7 Å². The first-order valence-corrected chi connectivity index (χ1v) is 12.3. The molecule has 2 heterocycles. The molecule has 4 rings (SSSR count). The fourth-order valence-corrected chi connectivity index (χ4v) is 4.80. The number of carbonyl (C=O) groups excluding carboxylic acids is 1. The van der Waals surface area contributed by atoms with Crippen molar-refractivity contribution >= 4 is 28.2 Å². The normalized spacial score (nSPS) is 12.2. The van der Waals surface area contributed by atoms with Crippen molar-refractivity contribution in [1.82, 2.24) is 9.55 Å². The second-order valence-electron chi connectivity index (χ2n) is 9.45. The summed E-state index contributed by atoms with van der Waals surface area (Å²) in [6.45, 7) is 7.91. The minimum absolute atomic E-state index is 0.108. The molecule has 0 saturated heterocycles. The van der Waals surface area contributed by atoms with E-state index in [4.69, 9.17) is 9.47 Å². The Morgan fingerprint density at radius 3 is 2.44 bits per heavy atom. The van der Waals surface area contributed by atoms with Gasteiger partial charge in [0.2, 0.25) is 0 Å². The molecule has 0 N–H and O–H groups in total. The molecule has 4 aromatic rings. The van der Waals surface area contributed by atoms with E-state index >= 15 is 0 Å². The first-order chi connectivity index (χ1) is 16.9. The van der Waals surface area contributed by atoms with Gasteiger partial charge in [0, 0.05) is 29.1 Å². The minimum atomic E-state index is -4.36. The van der Waals surface area contributed by atoms with Crippen LogP contribution in [-0.4, -0.2) is 27.7 Å². The molecule has 0 atom stereocenters. The third kappa shape index (κ3) is 6.26. The van der Waals surface area contributed by atoms with Crippen LogP contribution in [0.4, 0.5) is 13.2 Å². The highest BCUT2D eigenvalue weighted by Gasteiger charge is 2.30. The predicted octanol–water partition coefficient (Wildman–Crippen LogP) is 7.06. The van der Waals surface area contributed by atoms with Crippen LogP contribution in [0, 0.1) is 6.92 Å². The first-order valence-electron chi connectivity index (χ1n) is 11.5. The summed E-state index contributed by atoms with van der Waals surface area (Å²) in [6.07, 6.45) is -1.90. The molecule has 0 aliphatic rings. The molecule has 0 amide bonds. The molecule has 0 aliphatic carbocycles. The van der Waals surface area contributed by atoms with Gasteiger partial charge in [-0.05, 0) is 63.4 Å². The van der Waals surface area contributed by atoms with Gasteiger partial charge in [0.1, 0.15) is 22.9 Å². The molecule has 0 bridgehead atoms. The molecule has 0 radical (unpaired) electrons. The number of nitrogens with zero attached hydrogens (tertiary/aromatic N) is 2. The van der Waals surface area contributed by atoms with E-state index < -0.39 is 17.3 Å². The SMILES string of the molecule is Cc1nc(-c2ccc(C(F)(F)F)cc2)sc1CCOc1ccc2ccn(CC(=O)OC(C)(C)C)c2c1. The first kappa shape index (κ1) is 25.8. The Balaban J connectivity index is 1.40. The standard InChI is InChI=1S/C27H27F3N2O3S/c1-17-23(36-25(31-17)19-5-8-20(9-6-19)27(28,29)30)12-14-34-21-10-7-18-11-13-32(22(18)15-21)16-24(33)35-26(2,3)4/h5-11,13,15H,12,14,16H2,1-4H3. The van der Waals surface area contributed by atoms with Crippen molar-refractivity contribution in [3.63, 3.8) is 0 Å². The van der Waals surface area contributed by atoms with Crippen LogP contribution in [0.5, 0.6) is 5.75 Å². The molecule has 190 valence electrons. The number of ether oxygens (including phenoxy) is 2. The van der Waals surface area contributed by atoms with Gasteiger partial charge < -0.3 is 14.0 Å². The lowest BCUT2D eigenvalue weighted by molar-refractivity contribution is -0.155. The number of rotatable bonds is 7. The monoisotopic (exact) mass is 516 g/mol. The molecule has 0 aliphatic heterocycles. The average Bonchev–Trinajstić information content (AvgIpc) is 3.35. The van der Waals surface area contributed by atoms with Crippen molar-refractivity contribution in [2.75, 3.05) is 6.61 Å². The van der Waals surface area contributed by atoms with Crippen molar-refractivity contribution in [1.29, 1.82) is 0 Å². The van der Waals surface area contributed by atoms with E-state index in [0.29, 0.717) is 29.3 Å². The van der Waals surface area contributed by atoms with Gasteiger partial charge in [0.15, 0.2) is 0 Å². The number of esters is 1. The van der Waals surface area contributed by atoms with Crippen LogP contribution in [0.2, 0.25) is 0 Å². The van der Waals surface area contributed by atoms with Gasteiger partial charge in [-0.2, -0.15) is 13.2 Å². The summed E-state index contributed by atoms with van der Waals surface area (Å²) in [5, 5.41) is 1.67. The van der Waals surface area contributed by atoms with Gasteiger partial charge in [-0.3, -0.25) is 4.79 Å². The van der Waals surface area contributed by atoms with Crippen LogP contribution < -0.4 is 4.74 Å². The molecular formula is C27H27F3N2O3S. The summed E-state index contributed by atoms with van der Waals surface area (Å²) in [7, 11) is 0. The van der Waals surface area contributed by atoms with Crippen LogP contribution in [0.3, 0.4) is 0 Å². The smallest absolute Gasteiger partial charge is 0.416 e. The maximum absolute atomic E-state index is 12.8. The quantitative estimate of drug-likeness (QED) is 0.247. The van der Waals surface area contributed by atoms with Gasteiger partial charge in [0.05, 0.1) is 23.4 Å². The van der Waals surface area contributed by atoms with E-state index in [2.05, 4.69) is 4.98 Å². The number of aromatic nitrogens is 2. The van der Waals surface area contributed by atoms with Gasteiger partial charge >= 0.3 is 12.1 Å². The second kappa shape index (κ2) is 9.97. The van der Waals surface area contributed by atoms with Crippen molar-refractivity contribution < 1.29 is 27.4 Å². The van der Waals surface area contributed by atoms with E-state index in [1.807, 2.05) is 62.7 Å². The summed E-state index contributed by atoms with van der Waals surface area (Å²) in [5.74, 6) is 0.368. The Kier molecular flexibility index (Phi) is 7.13. The number of aryl methyl sites for hydroxylation is 1. The molecule has 2 aromatic heterocycles. The Morgan fingerprint density at radius 2 is 1.78 bits per heavy atom. The molecule has 5 nitrogen and oxygen atoms in total. The number of fused-ring (bicyclic) bond motifs is 1. The number of hydrogen-bond donors (Lipinski definition) is 0. The van der Waals surface area contributed by atoms with Gasteiger partial charge in [0.25, 0.3) is 0 Å². The molecule has 0 saturated carbocycles. The van der Waals surface area contributed by atoms with E-state index in [0.717, 1.165) is 33.6 Å². The van der Waals surface area contributed by atoms with Crippen LogP contribution in [0.1, 0.15) is 36.9 Å². The fraction of sp³-hybridized carbons (Fsp3) is 0.333. The summed E-state index contributed by atoms with van der Waals surface area (Å²) in [6, 6.07) is 12.7. The van der Waals surface area contributed by atoms with Crippen LogP contribution >= 0.6 is 11.3 Å². The maximum Gasteiger partial charge on any atom is 0.416 e. The zero-order chi connectivity index (χ0) is 26.1. The molecule has 2 aromatic carbocycles. The lowest BCUT2D eigenvalue weighted by atomic mass is 10.1. The van der Waals surface area contributed by atoms with E-state index in [9.17, 15) is 18.0 Å². The third-order valence-electron chi connectivity index (χ3n) is 5.41. The number of alkyl halides is 3. The fourth-order valence-electron chi connectivity index (χ4n) is 3.75. The maximum atomic E-state index is 12.8. The van der Waals surface area contributed by atoms with Gasteiger partial charge in [-0.1, -0.05) is 12.1 Å². The highest BCUT2D eigenvalue weighted by molar-refractivity contribution is 7.15. The summed E-state index contributed by atoms with van der Waals surface area (Å²) >= 11 is 1.45. The Bertz CT molecular complexity index is 1370. The number of halogens is 3. The predicted molar refractivity (Wildman–Crippen MR) is 134 cm³/mol. The summed E-state index contributed by atoms with van der Waals surface area (Å²) in [4.78, 5) is 17.8. The molecule has 0 unspecified atom stereocenters. The third-order valence-corrected chi connectivity index (χ3v) is 6.68. The van der Waals surface area contributed by atoms with Gasteiger partial charge in [-0.15, -0.1) is 11.3 Å². The molecule has 0 spiro atoms. The van der Waals surface area contributed by atoms with Gasteiger partial charge in [-0.25, -0.2) is 4.98 Å². The Morgan fingerprint density at radius 1 is 1.06 bits per heavy atom. The number of thiazole rings is 1. The zero-order valence-electron chi connectivity index (χ0n) is 20.5. The number of hydrogen-bond acceptors (Lipinski definition) is 5. The van der Waals surface area contributed by atoms with Crippen LogP contribution in [0.25, 0.3) is 21.5 Å². The van der Waals surface area contributed by atoms with Crippen molar-refractivity contribution in [3.8, 4) is 16.3 Å². The second-order valence-corrected chi connectivity index (χ2v) is 10.5. The summed E-state index contributed by atoms with van der Waals surface area (Å²) < 4.78 is 51.7. The van der Waals surface area contributed by atoms with Crippen molar-refractivity contribution in [2.24, 2.45) is 0 Å². The Labute approximate surface area is 211 Å². The molecular weight excluding hydrogens is 489 g/mol. The molecule has 0 fully saturated rings. The van der Waals surface area contributed by atoms with Crippen LogP contribution in [-0.2, 0) is 28.7 Å². The van der Waals surface area contributed by atoms with E-state index in [1.54, 1.807) is 0 Å². The number of benzene rings is 2. The summed E-state index contributed by atoms with van der Waals surface area (Å²) in [5.41, 5.74) is 1.13. The molecule has 9 heteroatoms. The largest absolute Gasteiger partial charge is 0.493 e. The Hall–Kier alpha value is -3.33. The van der Waals surface area contributed by atoms with Crippen molar-refractivity contribution in [2.45, 2.75) is 52.4 Å². The minimum Gasteiger partial charge on any atom is -0.493 e. The molecule has 36 heavy (non-hydrogen) atoms. The zero-order valence-corrected chi connectivity index (χ0v) is 21.3. The lowest BCUT2D eigenvalue weighted by Crippen LogP contribution is -2.26. The topological polar surface area (TPSA) is 53.4 Å². The number of carbonyl (C=O) groups is 1. The van der Waals surface area contributed by atoms with Crippen molar-refractivity contribution in [3.05, 3.63) is 70.9 Å². The van der Waals surface area contributed by atoms with E-state index in [-0.39, 0.29) is 12.5 Å².